The van der Waals surface area contributed by atoms with Crippen LogP contribution in [0.5, 0.6) is 0 Å². The van der Waals surface area contributed by atoms with Gasteiger partial charge in [-0.05, 0) is 32.0 Å². The van der Waals surface area contributed by atoms with Crippen molar-refractivity contribution < 1.29 is 14.3 Å². The molecule has 0 aliphatic carbocycles. The number of ether oxygens (including phenoxy) is 1. The highest BCUT2D eigenvalue weighted by Crippen LogP contribution is 2.18. The van der Waals surface area contributed by atoms with Gasteiger partial charge in [-0.3, -0.25) is 4.79 Å². The Labute approximate surface area is 118 Å². The maximum absolute atomic E-state index is 11.9. The normalized spacial score (nSPS) is 10.3. The number of hydrogen-bond acceptors (Lipinski definition) is 4. The van der Waals surface area contributed by atoms with Crippen molar-refractivity contribution in [2.24, 2.45) is 11.1 Å². The Morgan fingerprint density at radius 1 is 1.37 bits per heavy atom. The van der Waals surface area contributed by atoms with Gasteiger partial charge in [-0.1, -0.05) is 6.07 Å². The molecule has 0 fully saturated rings. The summed E-state index contributed by atoms with van der Waals surface area (Å²) in [6.45, 7) is 3.76. The molecule has 0 spiro atoms. The summed E-state index contributed by atoms with van der Waals surface area (Å²) in [5.74, 6) is -0.629. The number of methoxy groups -OCH3 is 1. The number of esters is 1. The van der Waals surface area contributed by atoms with Gasteiger partial charge in [0.2, 0.25) is 5.91 Å². The molecule has 0 unspecified atom stereocenters. The van der Waals surface area contributed by atoms with E-state index < -0.39 is 11.4 Å². The summed E-state index contributed by atoms with van der Waals surface area (Å²) >= 11 is 0. The molecule has 0 heterocycles. The SMILES string of the molecule is COC(=O)c1cccc(NC(=O)C(C)(C)CN)c1.Cl. The number of nitrogens with two attached hydrogens (primary N) is 1. The second-order valence-corrected chi connectivity index (χ2v) is 4.61. The Balaban J connectivity index is 0.00000324. The first kappa shape index (κ1) is 17.4. The Bertz CT molecular complexity index is 461. The second kappa shape index (κ2) is 7.11. The van der Waals surface area contributed by atoms with Gasteiger partial charge in [0.05, 0.1) is 18.1 Å². The Hall–Kier alpha value is -1.59. The first-order valence-electron chi connectivity index (χ1n) is 5.60. The molecule has 1 aromatic carbocycles. The van der Waals surface area contributed by atoms with Crippen molar-refractivity contribution in [3.63, 3.8) is 0 Å². The molecule has 0 atom stereocenters. The lowest BCUT2D eigenvalue weighted by atomic mass is 9.92. The van der Waals surface area contributed by atoms with Crippen molar-refractivity contribution in [3.05, 3.63) is 29.8 Å². The summed E-state index contributed by atoms with van der Waals surface area (Å²) in [5, 5.41) is 2.73. The number of carbonyl (C=O) groups excluding carboxylic acids is 2. The van der Waals surface area contributed by atoms with Gasteiger partial charge in [-0.25, -0.2) is 4.79 Å². The highest BCUT2D eigenvalue weighted by molar-refractivity contribution is 5.97. The van der Waals surface area contributed by atoms with Crippen LogP contribution in [-0.4, -0.2) is 25.5 Å². The summed E-state index contributed by atoms with van der Waals surface area (Å²) in [4.78, 5) is 23.3. The lowest BCUT2D eigenvalue weighted by Gasteiger charge is -2.21. The smallest absolute Gasteiger partial charge is 0.337 e. The molecule has 6 heteroatoms. The predicted molar refractivity (Wildman–Crippen MR) is 76.5 cm³/mol. The van der Waals surface area contributed by atoms with Crippen LogP contribution in [0.2, 0.25) is 0 Å². The molecule has 0 radical (unpaired) electrons. The molecule has 3 N–H and O–H groups in total. The van der Waals surface area contributed by atoms with Gasteiger partial charge >= 0.3 is 5.97 Å². The Kier molecular flexibility index (Phi) is 6.52. The summed E-state index contributed by atoms with van der Waals surface area (Å²) in [6.07, 6.45) is 0. The van der Waals surface area contributed by atoms with Crippen molar-refractivity contribution in [2.75, 3.05) is 19.0 Å². The van der Waals surface area contributed by atoms with Gasteiger partial charge in [-0.15, -0.1) is 12.4 Å². The van der Waals surface area contributed by atoms with Crippen LogP contribution in [0.3, 0.4) is 0 Å². The summed E-state index contributed by atoms with van der Waals surface area (Å²) in [6, 6.07) is 6.57. The van der Waals surface area contributed by atoms with Crippen molar-refractivity contribution in [1.82, 2.24) is 0 Å². The van der Waals surface area contributed by atoms with Crippen LogP contribution in [0.1, 0.15) is 24.2 Å². The number of hydrogen-bond donors (Lipinski definition) is 2. The van der Waals surface area contributed by atoms with Gasteiger partial charge in [0.15, 0.2) is 0 Å². The highest BCUT2D eigenvalue weighted by Gasteiger charge is 2.25. The maximum Gasteiger partial charge on any atom is 0.337 e. The van der Waals surface area contributed by atoms with Gasteiger partial charge in [-0.2, -0.15) is 0 Å². The number of nitrogens with one attached hydrogen (secondary N) is 1. The highest BCUT2D eigenvalue weighted by atomic mass is 35.5. The minimum Gasteiger partial charge on any atom is -0.465 e. The van der Waals surface area contributed by atoms with Gasteiger partial charge in [0, 0.05) is 12.2 Å². The molecule has 0 saturated heterocycles. The minimum absolute atomic E-state index is 0. The van der Waals surface area contributed by atoms with E-state index in [2.05, 4.69) is 10.1 Å². The van der Waals surface area contributed by atoms with Crippen molar-refractivity contribution in [2.45, 2.75) is 13.8 Å². The fourth-order valence-electron chi connectivity index (χ4n) is 1.23. The predicted octanol–water partition coefficient (Wildman–Crippen LogP) is 1.82. The number of halogens is 1. The lowest BCUT2D eigenvalue weighted by Crippen LogP contribution is -2.37. The minimum atomic E-state index is -0.652. The number of benzene rings is 1. The number of rotatable bonds is 4. The molecule has 0 aliphatic rings. The van der Waals surface area contributed by atoms with Crippen LogP contribution >= 0.6 is 12.4 Å². The molecule has 0 aliphatic heterocycles. The number of amides is 1. The molecule has 0 aromatic heterocycles. The third kappa shape index (κ3) is 4.54. The zero-order valence-corrected chi connectivity index (χ0v) is 12.0. The van der Waals surface area contributed by atoms with Crippen molar-refractivity contribution in [3.8, 4) is 0 Å². The molecule has 19 heavy (non-hydrogen) atoms. The third-order valence-electron chi connectivity index (χ3n) is 2.67. The summed E-state index contributed by atoms with van der Waals surface area (Å²) in [5.41, 5.74) is 5.81. The molecule has 0 bridgehead atoms. The zero-order chi connectivity index (χ0) is 13.8. The lowest BCUT2D eigenvalue weighted by molar-refractivity contribution is -0.123. The topological polar surface area (TPSA) is 81.4 Å². The molecular weight excluding hydrogens is 268 g/mol. The first-order chi connectivity index (χ1) is 8.40. The molecule has 1 amide bonds. The monoisotopic (exact) mass is 286 g/mol. The van der Waals surface area contributed by atoms with Gasteiger partial charge in [0.25, 0.3) is 0 Å². The van der Waals surface area contributed by atoms with E-state index in [4.69, 9.17) is 5.73 Å². The first-order valence-corrected chi connectivity index (χ1v) is 5.60. The van der Waals surface area contributed by atoms with E-state index in [1.165, 1.54) is 7.11 Å². The Morgan fingerprint density at radius 2 is 2.00 bits per heavy atom. The van der Waals surface area contributed by atoms with E-state index in [1.54, 1.807) is 38.1 Å². The zero-order valence-electron chi connectivity index (χ0n) is 11.2. The van der Waals surface area contributed by atoms with E-state index in [0.29, 0.717) is 11.3 Å². The maximum atomic E-state index is 11.9. The fourth-order valence-corrected chi connectivity index (χ4v) is 1.23. The quantitative estimate of drug-likeness (QED) is 0.827. The van der Waals surface area contributed by atoms with Crippen LogP contribution in [0.15, 0.2) is 24.3 Å². The van der Waals surface area contributed by atoms with Crippen LogP contribution in [0.25, 0.3) is 0 Å². The van der Waals surface area contributed by atoms with Crippen molar-refractivity contribution in [1.29, 1.82) is 0 Å². The number of anilines is 1. The molecule has 5 nitrogen and oxygen atoms in total. The average Bonchev–Trinajstić information content (AvgIpc) is 2.38. The van der Waals surface area contributed by atoms with E-state index in [-0.39, 0.29) is 24.9 Å². The van der Waals surface area contributed by atoms with E-state index in [0.717, 1.165) is 0 Å². The van der Waals surface area contributed by atoms with E-state index >= 15 is 0 Å². The van der Waals surface area contributed by atoms with Gasteiger partial charge < -0.3 is 15.8 Å². The summed E-state index contributed by atoms with van der Waals surface area (Å²) in [7, 11) is 1.31. The average molecular weight is 287 g/mol. The van der Waals surface area contributed by atoms with Crippen LogP contribution < -0.4 is 11.1 Å². The molecule has 0 saturated carbocycles. The fraction of sp³-hybridized carbons (Fsp3) is 0.385. The largest absolute Gasteiger partial charge is 0.465 e. The Morgan fingerprint density at radius 3 is 2.53 bits per heavy atom. The second-order valence-electron chi connectivity index (χ2n) is 4.61. The standard InChI is InChI=1S/C13H18N2O3.ClH/c1-13(2,8-14)12(17)15-10-6-4-5-9(7-10)11(16)18-3;/h4-7H,8,14H2,1-3H3,(H,15,17);1H. The molecular formula is C13H19ClN2O3. The van der Waals surface area contributed by atoms with Crippen LogP contribution in [0, 0.1) is 5.41 Å². The van der Waals surface area contributed by atoms with Crippen LogP contribution in [0.4, 0.5) is 5.69 Å². The molecule has 1 rings (SSSR count). The van der Waals surface area contributed by atoms with Crippen molar-refractivity contribution >= 4 is 30.0 Å². The summed E-state index contributed by atoms with van der Waals surface area (Å²) < 4.78 is 4.61. The van der Waals surface area contributed by atoms with Gasteiger partial charge in [0.1, 0.15) is 0 Å². The molecule has 106 valence electrons. The van der Waals surface area contributed by atoms with Crippen LogP contribution in [-0.2, 0) is 9.53 Å². The third-order valence-corrected chi connectivity index (χ3v) is 2.67. The number of carbonyl (C=O) groups is 2. The van der Waals surface area contributed by atoms with E-state index in [1.807, 2.05) is 0 Å². The van der Waals surface area contributed by atoms with E-state index in [9.17, 15) is 9.59 Å². The molecule has 1 aromatic rings.